The van der Waals surface area contributed by atoms with Gasteiger partial charge in [0.05, 0.1) is 5.92 Å². The third kappa shape index (κ3) is 2.66. The molecule has 3 heterocycles. The summed E-state index contributed by atoms with van der Waals surface area (Å²) in [6, 6.07) is 5.70. The highest BCUT2D eigenvalue weighted by atomic mass is 16.5. The van der Waals surface area contributed by atoms with Gasteiger partial charge < -0.3 is 9.42 Å². The minimum atomic E-state index is 0.360. The first-order valence-electron chi connectivity index (χ1n) is 6.84. The van der Waals surface area contributed by atoms with E-state index in [0.717, 1.165) is 31.1 Å². The molecule has 1 fully saturated rings. The van der Waals surface area contributed by atoms with Gasteiger partial charge in [-0.05, 0) is 38.1 Å². The molecule has 1 aliphatic rings. The minimum Gasteiger partial charge on any atom is -0.339 e. The van der Waals surface area contributed by atoms with Gasteiger partial charge in [-0.2, -0.15) is 4.98 Å². The lowest BCUT2D eigenvalue weighted by Gasteiger charge is -2.29. The molecule has 5 nitrogen and oxygen atoms in total. The van der Waals surface area contributed by atoms with Crippen LogP contribution in [0.25, 0.3) is 11.5 Å². The maximum atomic E-state index is 5.42. The Labute approximate surface area is 112 Å². The van der Waals surface area contributed by atoms with E-state index in [4.69, 9.17) is 4.52 Å². The van der Waals surface area contributed by atoms with Crippen molar-refractivity contribution in [1.82, 2.24) is 20.0 Å². The molecule has 1 saturated heterocycles. The van der Waals surface area contributed by atoms with Crippen LogP contribution in [0.2, 0.25) is 0 Å². The van der Waals surface area contributed by atoms with E-state index in [2.05, 4.69) is 26.9 Å². The molecule has 2 aromatic heterocycles. The van der Waals surface area contributed by atoms with Crippen molar-refractivity contribution in [2.24, 2.45) is 0 Å². The summed E-state index contributed by atoms with van der Waals surface area (Å²) in [7, 11) is 0. The van der Waals surface area contributed by atoms with Crippen LogP contribution in [0.4, 0.5) is 0 Å². The molecule has 0 unspecified atom stereocenters. The Balaban J connectivity index is 1.78. The van der Waals surface area contributed by atoms with E-state index in [0.29, 0.717) is 11.7 Å². The number of pyridine rings is 1. The molecule has 0 aromatic carbocycles. The van der Waals surface area contributed by atoms with Gasteiger partial charge >= 0.3 is 0 Å². The topological polar surface area (TPSA) is 55.1 Å². The molecule has 5 heteroatoms. The Morgan fingerprint density at radius 1 is 1.42 bits per heavy atom. The van der Waals surface area contributed by atoms with Crippen LogP contribution in [0.3, 0.4) is 0 Å². The summed E-state index contributed by atoms with van der Waals surface area (Å²) in [5.41, 5.74) is 0.764. The fraction of sp³-hybridized carbons (Fsp3) is 0.500. The monoisotopic (exact) mass is 258 g/mol. The van der Waals surface area contributed by atoms with E-state index < -0.39 is 0 Å². The third-order valence-corrected chi connectivity index (χ3v) is 3.64. The second kappa shape index (κ2) is 5.48. The van der Waals surface area contributed by atoms with Crippen LogP contribution in [-0.4, -0.2) is 39.7 Å². The zero-order valence-electron chi connectivity index (χ0n) is 11.1. The number of rotatable bonds is 3. The van der Waals surface area contributed by atoms with E-state index in [9.17, 15) is 0 Å². The molecule has 0 spiro atoms. The highest BCUT2D eigenvalue weighted by molar-refractivity contribution is 5.47. The molecule has 19 heavy (non-hydrogen) atoms. The molecule has 1 atom stereocenters. The molecule has 100 valence electrons. The maximum Gasteiger partial charge on any atom is 0.231 e. The average molecular weight is 258 g/mol. The molecule has 3 rings (SSSR count). The summed E-state index contributed by atoms with van der Waals surface area (Å²) >= 11 is 0. The van der Waals surface area contributed by atoms with Crippen molar-refractivity contribution in [2.75, 3.05) is 19.6 Å². The molecule has 2 aromatic rings. The van der Waals surface area contributed by atoms with Gasteiger partial charge in [0.1, 0.15) is 5.69 Å². The molecule has 1 aliphatic heterocycles. The van der Waals surface area contributed by atoms with Gasteiger partial charge in [0, 0.05) is 12.7 Å². The molecular weight excluding hydrogens is 240 g/mol. The fourth-order valence-corrected chi connectivity index (χ4v) is 2.54. The zero-order chi connectivity index (χ0) is 13.1. The number of nitrogens with zero attached hydrogens (tertiary/aromatic N) is 4. The summed E-state index contributed by atoms with van der Waals surface area (Å²) in [5.74, 6) is 1.70. The highest BCUT2D eigenvalue weighted by Crippen LogP contribution is 2.26. The second-order valence-corrected chi connectivity index (χ2v) is 4.90. The Bertz CT molecular complexity index is 525. The average Bonchev–Trinajstić information content (AvgIpc) is 2.98. The van der Waals surface area contributed by atoms with Crippen LogP contribution >= 0.6 is 0 Å². The summed E-state index contributed by atoms with van der Waals surface area (Å²) in [6.07, 6.45) is 4.06. The number of likely N-dealkylation sites (tertiary alicyclic amines) is 1. The van der Waals surface area contributed by atoms with Crippen LogP contribution < -0.4 is 0 Å². The number of hydrogen-bond acceptors (Lipinski definition) is 5. The molecule has 0 radical (unpaired) electrons. The number of likely N-dealkylation sites (N-methyl/N-ethyl adjacent to an activating group) is 1. The first kappa shape index (κ1) is 12.3. The number of aromatic nitrogens is 3. The largest absolute Gasteiger partial charge is 0.339 e. The summed E-state index contributed by atoms with van der Waals surface area (Å²) in [5, 5.41) is 4.05. The van der Waals surface area contributed by atoms with Gasteiger partial charge in [-0.15, -0.1) is 0 Å². The van der Waals surface area contributed by atoms with Gasteiger partial charge in [-0.3, -0.25) is 4.98 Å². The predicted molar refractivity (Wildman–Crippen MR) is 71.6 cm³/mol. The molecule has 0 N–H and O–H groups in total. The van der Waals surface area contributed by atoms with Gasteiger partial charge in [0.15, 0.2) is 0 Å². The van der Waals surface area contributed by atoms with Crippen molar-refractivity contribution in [3.63, 3.8) is 0 Å². The van der Waals surface area contributed by atoms with Crippen molar-refractivity contribution < 1.29 is 4.52 Å². The Kier molecular flexibility index (Phi) is 3.55. The minimum absolute atomic E-state index is 0.360. The van der Waals surface area contributed by atoms with E-state index in [1.165, 1.54) is 13.0 Å². The summed E-state index contributed by atoms with van der Waals surface area (Å²) < 4.78 is 5.42. The quantitative estimate of drug-likeness (QED) is 0.845. The van der Waals surface area contributed by atoms with Crippen molar-refractivity contribution in [3.8, 4) is 11.5 Å². The lowest BCUT2D eigenvalue weighted by Crippen LogP contribution is -2.34. The highest BCUT2D eigenvalue weighted by Gasteiger charge is 2.25. The van der Waals surface area contributed by atoms with Crippen molar-refractivity contribution in [1.29, 1.82) is 0 Å². The van der Waals surface area contributed by atoms with E-state index in [1.807, 2.05) is 18.2 Å². The van der Waals surface area contributed by atoms with E-state index >= 15 is 0 Å². The van der Waals surface area contributed by atoms with Gasteiger partial charge in [-0.25, -0.2) is 0 Å². The van der Waals surface area contributed by atoms with Crippen LogP contribution in [0.15, 0.2) is 28.9 Å². The third-order valence-electron chi connectivity index (χ3n) is 3.64. The molecule has 0 aliphatic carbocycles. The summed E-state index contributed by atoms with van der Waals surface area (Å²) in [6.45, 7) is 5.46. The normalized spacial score (nSPS) is 20.6. The molecule has 0 bridgehead atoms. The maximum absolute atomic E-state index is 5.42. The fourth-order valence-electron chi connectivity index (χ4n) is 2.54. The Morgan fingerprint density at radius 2 is 2.37 bits per heavy atom. The number of piperidine rings is 1. The van der Waals surface area contributed by atoms with E-state index in [-0.39, 0.29) is 0 Å². The molecule has 0 saturated carbocycles. The van der Waals surface area contributed by atoms with Crippen molar-refractivity contribution in [3.05, 3.63) is 30.3 Å². The van der Waals surface area contributed by atoms with Gasteiger partial charge in [0.2, 0.25) is 11.7 Å². The Morgan fingerprint density at radius 3 is 3.16 bits per heavy atom. The Hall–Kier alpha value is -1.75. The SMILES string of the molecule is CCN1CCC[C@H](c2nc(-c3ccccn3)no2)C1. The van der Waals surface area contributed by atoms with Crippen molar-refractivity contribution in [2.45, 2.75) is 25.7 Å². The van der Waals surface area contributed by atoms with Crippen LogP contribution in [0.5, 0.6) is 0 Å². The second-order valence-electron chi connectivity index (χ2n) is 4.90. The smallest absolute Gasteiger partial charge is 0.231 e. The lowest BCUT2D eigenvalue weighted by molar-refractivity contribution is 0.195. The van der Waals surface area contributed by atoms with E-state index in [1.54, 1.807) is 6.20 Å². The zero-order valence-corrected chi connectivity index (χ0v) is 11.1. The first-order chi connectivity index (χ1) is 9.36. The van der Waals surface area contributed by atoms with Crippen LogP contribution in [-0.2, 0) is 0 Å². The van der Waals surface area contributed by atoms with Crippen LogP contribution in [0.1, 0.15) is 31.6 Å². The standard InChI is InChI=1S/C14H18N4O/c1-2-18-9-5-6-11(10-18)14-16-13(17-19-14)12-7-3-4-8-15-12/h3-4,7-8,11H,2,5-6,9-10H2,1H3/t11-/m0/s1. The lowest BCUT2D eigenvalue weighted by atomic mass is 9.98. The van der Waals surface area contributed by atoms with Crippen LogP contribution in [0, 0.1) is 0 Å². The number of hydrogen-bond donors (Lipinski definition) is 0. The van der Waals surface area contributed by atoms with Gasteiger partial charge in [-0.1, -0.05) is 18.1 Å². The van der Waals surface area contributed by atoms with Crippen molar-refractivity contribution >= 4 is 0 Å². The molecular formula is C14H18N4O. The first-order valence-corrected chi connectivity index (χ1v) is 6.84. The summed E-state index contributed by atoms with van der Waals surface area (Å²) in [4.78, 5) is 11.2. The predicted octanol–water partition coefficient (Wildman–Crippen LogP) is 2.33. The van der Waals surface area contributed by atoms with Gasteiger partial charge in [0.25, 0.3) is 0 Å². The molecule has 0 amide bonds.